The van der Waals surface area contributed by atoms with E-state index in [2.05, 4.69) is 33.7 Å². The summed E-state index contributed by atoms with van der Waals surface area (Å²) >= 11 is 1.40. The summed E-state index contributed by atoms with van der Waals surface area (Å²) in [5.41, 5.74) is 2.31. The maximum atomic E-state index is 4.41. The second-order valence-corrected chi connectivity index (χ2v) is 4.07. The molecule has 2 rings (SSSR count). The molecule has 15 heavy (non-hydrogen) atoms. The summed E-state index contributed by atoms with van der Waals surface area (Å²) in [6.45, 7) is 5.00. The van der Waals surface area contributed by atoms with Crippen molar-refractivity contribution in [2.75, 3.05) is 11.9 Å². The summed E-state index contributed by atoms with van der Waals surface area (Å²) in [4.78, 5) is 4.41. The lowest BCUT2D eigenvalue weighted by atomic mass is 10.1. The van der Waals surface area contributed by atoms with Crippen molar-refractivity contribution >= 4 is 16.7 Å². The van der Waals surface area contributed by atoms with Gasteiger partial charge in [-0.1, -0.05) is 23.8 Å². The highest BCUT2D eigenvalue weighted by Gasteiger charge is 2.05. The molecule has 1 heterocycles. The van der Waals surface area contributed by atoms with Crippen LogP contribution in [0.15, 0.2) is 24.3 Å². The van der Waals surface area contributed by atoms with Gasteiger partial charge in [-0.3, -0.25) is 0 Å². The Morgan fingerprint density at radius 2 is 2.27 bits per heavy atom. The first-order chi connectivity index (χ1) is 7.29. The van der Waals surface area contributed by atoms with E-state index in [4.69, 9.17) is 0 Å². The monoisotopic (exact) mass is 219 g/mol. The van der Waals surface area contributed by atoms with Crippen molar-refractivity contribution in [2.45, 2.75) is 13.8 Å². The van der Waals surface area contributed by atoms with E-state index in [1.54, 1.807) is 0 Å². The number of hydrogen-bond donors (Lipinski definition) is 1. The van der Waals surface area contributed by atoms with Gasteiger partial charge in [-0.15, -0.1) is 0 Å². The van der Waals surface area contributed by atoms with Crippen molar-refractivity contribution in [3.63, 3.8) is 0 Å². The molecular formula is C11H13N3S. The van der Waals surface area contributed by atoms with Crippen LogP contribution in [0.1, 0.15) is 12.5 Å². The van der Waals surface area contributed by atoms with E-state index >= 15 is 0 Å². The number of aromatic nitrogens is 2. The SMILES string of the molecule is CCNc1nc(-c2cccc(C)c2)ns1. The molecule has 2 aromatic rings. The van der Waals surface area contributed by atoms with Crippen LogP contribution in [0, 0.1) is 6.92 Å². The minimum Gasteiger partial charge on any atom is -0.361 e. The molecule has 0 bridgehead atoms. The number of nitrogens with one attached hydrogen (secondary N) is 1. The van der Waals surface area contributed by atoms with Crippen molar-refractivity contribution in [3.8, 4) is 11.4 Å². The second kappa shape index (κ2) is 4.40. The van der Waals surface area contributed by atoms with Crippen molar-refractivity contribution in [2.24, 2.45) is 0 Å². The van der Waals surface area contributed by atoms with Crippen LogP contribution in [0.3, 0.4) is 0 Å². The first-order valence-electron chi connectivity index (χ1n) is 4.94. The number of anilines is 1. The van der Waals surface area contributed by atoms with E-state index in [0.717, 1.165) is 23.1 Å². The average Bonchev–Trinajstić information content (AvgIpc) is 2.67. The topological polar surface area (TPSA) is 37.8 Å². The first-order valence-corrected chi connectivity index (χ1v) is 5.71. The van der Waals surface area contributed by atoms with Gasteiger partial charge in [0.2, 0.25) is 5.13 Å². The quantitative estimate of drug-likeness (QED) is 0.862. The molecular weight excluding hydrogens is 206 g/mol. The first kappa shape index (κ1) is 10.1. The van der Waals surface area contributed by atoms with Crippen LogP contribution in [0.2, 0.25) is 0 Å². The molecule has 0 unspecified atom stereocenters. The molecule has 0 aliphatic rings. The van der Waals surface area contributed by atoms with Crippen LogP contribution < -0.4 is 5.32 Å². The fraction of sp³-hybridized carbons (Fsp3) is 0.273. The van der Waals surface area contributed by atoms with Gasteiger partial charge in [0.15, 0.2) is 5.82 Å². The van der Waals surface area contributed by atoms with Gasteiger partial charge in [0.25, 0.3) is 0 Å². The second-order valence-electron chi connectivity index (χ2n) is 3.32. The molecule has 1 N–H and O–H groups in total. The number of hydrogen-bond acceptors (Lipinski definition) is 4. The van der Waals surface area contributed by atoms with Crippen molar-refractivity contribution in [3.05, 3.63) is 29.8 Å². The predicted molar refractivity (Wildman–Crippen MR) is 64.2 cm³/mol. The van der Waals surface area contributed by atoms with Crippen molar-refractivity contribution in [1.82, 2.24) is 9.36 Å². The van der Waals surface area contributed by atoms with E-state index in [0.29, 0.717) is 0 Å². The van der Waals surface area contributed by atoms with Gasteiger partial charge in [0.05, 0.1) is 0 Å². The third-order valence-electron chi connectivity index (χ3n) is 2.03. The summed E-state index contributed by atoms with van der Waals surface area (Å²) in [5, 5.41) is 4.04. The molecule has 0 aliphatic heterocycles. The molecule has 1 aromatic carbocycles. The summed E-state index contributed by atoms with van der Waals surface area (Å²) < 4.78 is 4.31. The minimum atomic E-state index is 0.805. The molecule has 78 valence electrons. The predicted octanol–water partition coefficient (Wildman–Crippen LogP) is 2.95. The van der Waals surface area contributed by atoms with Crippen LogP contribution >= 0.6 is 11.5 Å². The fourth-order valence-electron chi connectivity index (χ4n) is 1.35. The normalized spacial score (nSPS) is 10.3. The average molecular weight is 219 g/mol. The molecule has 0 fully saturated rings. The molecule has 0 saturated carbocycles. The Morgan fingerprint density at radius 1 is 1.40 bits per heavy atom. The van der Waals surface area contributed by atoms with Crippen LogP contribution in [0.4, 0.5) is 5.13 Å². The highest BCUT2D eigenvalue weighted by atomic mass is 32.1. The van der Waals surface area contributed by atoms with Gasteiger partial charge in [0, 0.05) is 23.6 Å². The van der Waals surface area contributed by atoms with Gasteiger partial charge in [-0.25, -0.2) is 0 Å². The highest BCUT2D eigenvalue weighted by Crippen LogP contribution is 2.21. The minimum absolute atomic E-state index is 0.805. The third kappa shape index (κ3) is 2.33. The molecule has 0 amide bonds. The van der Waals surface area contributed by atoms with Gasteiger partial charge in [0.1, 0.15) is 0 Å². The Labute approximate surface area is 93.4 Å². The summed E-state index contributed by atoms with van der Waals surface area (Å²) in [7, 11) is 0. The largest absolute Gasteiger partial charge is 0.361 e. The number of rotatable bonds is 3. The lowest BCUT2D eigenvalue weighted by molar-refractivity contribution is 1.18. The number of benzene rings is 1. The smallest absolute Gasteiger partial charge is 0.202 e. The Balaban J connectivity index is 2.29. The van der Waals surface area contributed by atoms with Gasteiger partial charge in [-0.2, -0.15) is 9.36 Å². The Morgan fingerprint density at radius 3 is 3.00 bits per heavy atom. The Kier molecular flexibility index (Phi) is 2.97. The van der Waals surface area contributed by atoms with Crippen LogP contribution in [0.5, 0.6) is 0 Å². The standard InChI is InChI=1S/C11H13N3S/c1-3-12-11-13-10(14-15-11)9-6-4-5-8(2)7-9/h4-7H,3H2,1-2H3,(H,12,13,14). The molecule has 0 aliphatic carbocycles. The van der Waals surface area contributed by atoms with Gasteiger partial charge in [-0.05, 0) is 19.9 Å². The van der Waals surface area contributed by atoms with Crippen LogP contribution in [0.25, 0.3) is 11.4 Å². The maximum Gasteiger partial charge on any atom is 0.202 e. The zero-order valence-corrected chi connectivity index (χ0v) is 9.64. The van der Waals surface area contributed by atoms with Crippen LogP contribution in [-0.2, 0) is 0 Å². The molecule has 0 radical (unpaired) electrons. The van der Waals surface area contributed by atoms with E-state index in [1.165, 1.54) is 17.1 Å². The molecule has 4 heteroatoms. The van der Waals surface area contributed by atoms with Crippen LogP contribution in [-0.4, -0.2) is 15.9 Å². The molecule has 0 atom stereocenters. The lowest BCUT2D eigenvalue weighted by Gasteiger charge is -1.96. The van der Waals surface area contributed by atoms with Gasteiger partial charge < -0.3 is 5.32 Å². The van der Waals surface area contributed by atoms with Crippen molar-refractivity contribution in [1.29, 1.82) is 0 Å². The summed E-state index contributed by atoms with van der Waals surface area (Å²) in [6, 6.07) is 8.22. The Bertz CT molecular complexity index is 451. The Hall–Kier alpha value is -1.42. The third-order valence-corrected chi connectivity index (χ3v) is 2.70. The highest BCUT2D eigenvalue weighted by molar-refractivity contribution is 7.09. The summed E-state index contributed by atoms with van der Waals surface area (Å²) in [5.74, 6) is 0.805. The fourth-order valence-corrected chi connectivity index (χ4v) is 2.00. The lowest BCUT2D eigenvalue weighted by Crippen LogP contribution is -1.94. The van der Waals surface area contributed by atoms with Gasteiger partial charge >= 0.3 is 0 Å². The van der Waals surface area contributed by atoms with E-state index < -0.39 is 0 Å². The molecule has 0 saturated heterocycles. The van der Waals surface area contributed by atoms with E-state index in [-0.39, 0.29) is 0 Å². The van der Waals surface area contributed by atoms with E-state index in [9.17, 15) is 0 Å². The molecule has 0 spiro atoms. The zero-order chi connectivity index (χ0) is 10.7. The van der Waals surface area contributed by atoms with E-state index in [1.807, 2.05) is 19.1 Å². The molecule has 3 nitrogen and oxygen atoms in total. The number of aryl methyl sites for hydroxylation is 1. The molecule has 1 aromatic heterocycles. The number of nitrogens with zero attached hydrogens (tertiary/aromatic N) is 2. The van der Waals surface area contributed by atoms with Crippen molar-refractivity contribution < 1.29 is 0 Å². The summed E-state index contributed by atoms with van der Waals surface area (Å²) in [6.07, 6.45) is 0. The zero-order valence-electron chi connectivity index (χ0n) is 8.82. The maximum absolute atomic E-state index is 4.41.